The number of pyridine rings is 1. The van der Waals surface area contributed by atoms with Crippen molar-refractivity contribution < 1.29 is 9.47 Å². The number of aromatic nitrogens is 1. The number of alkyl halides is 1. The van der Waals surface area contributed by atoms with Gasteiger partial charge in [0.25, 0.3) is 0 Å². The normalized spacial score (nSPS) is 10.3. The Morgan fingerprint density at radius 1 is 1.11 bits per heavy atom. The van der Waals surface area contributed by atoms with E-state index in [4.69, 9.17) is 32.7 Å². The standard InChI is InChI=1S/C14H13Cl2NO2/c1-2-18-12-5-3-4-6-13(12)19-14-8-7-10(16)11(9-15)17-14/h3-8H,2,9H2,1H3. The number of benzene rings is 1. The van der Waals surface area contributed by atoms with Crippen molar-refractivity contribution in [1.82, 2.24) is 4.98 Å². The van der Waals surface area contributed by atoms with Crippen molar-refractivity contribution in [2.75, 3.05) is 6.61 Å². The van der Waals surface area contributed by atoms with E-state index in [-0.39, 0.29) is 5.88 Å². The lowest BCUT2D eigenvalue weighted by molar-refractivity contribution is 0.319. The van der Waals surface area contributed by atoms with Gasteiger partial charge in [0.1, 0.15) is 0 Å². The van der Waals surface area contributed by atoms with Crippen LogP contribution < -0.4 is 9.47 Å². The molecule has 0 saturated heterocycles. The average Bonchev–Trinajstić information content (AvgIpc) is 2.43. The Kier molecular flexibility index (Phi) is 4.88. The first-order valence-corrected chi connectivity index (χ1v) is 6.77. The van der Waals surface area contributed by atoms with Gasteiger partial charge in [0.15, 0.2) is 11.5 Å². The van der Waals surface area contributed by atoms with Gasteiger partial charge in [0.2, 0.25) is 5.88 Å². The monoisotopic (exact) mass is 297 g/mol. The summed E-state index contributed by atoms with van der Waals surface area (Å²) in [5, 5.41) is 0.528. The summed E-state index contributed by atoms with van der Waals surface area (Å²) in [6.07, 6.45) is 0. The minimum absolute atomic E-state index is 0.239. The van der Waals surface area contributed by atoms with E-state index in [1.54, 1.807) is 12.1 Å². The van der Waals surface area contributed by atoms with Gasteiger partial charge in [-0.25, -0.2) is 4.98 Å². The van der Waals surface area contributed by atoms with Crippen LogP contribution in [0.25, 0.3) is 0 Å². The molecule has 2 rings (SSSR count). The molecule has 3 nitrogen and oxygen atoms in total. The number of nitrogens with zero attached hydrogens (tertiary/aromatic N) is 1. The third-order valence-corrected chi connectivity index (χ3v) is 2.98. The molecule has 1 heterocycles. The summed E-state index contributed by atoms with van der Waals surface area (Å²) in [5.74, 6) is 1.96. The van der Waals surface area contributed by atoms with Crippen molar-refractivity contribution in [2.45, 2.75) is 12.8 Å². The zero-order valence-corrected chi connectivity index (χ0v) is 11.9. The van der Waals surface area contributed by atoms with E-state index in [1.165, 1.54) is 0 Å². The highest BCUT2D eigenvalue weighted by atomic mass is 35.5. The van der Waals surface area contributed by atoms with Crippen molar-refractivity contribution in [3.63, 3.8) is 0 Å². The molecule has 1 aromatic heterocycles. The topological polar surface area (TPSA) is 31.4 Å². The number of rotatable bonds is 5. The van der Waals surface area contributed by atoms with Crippen LogP contribution in [0.5, 0.6) is 17.4 Å². The van der Waals surface area contributed by atoms with Crippen molar-refractivity contribution in [3.05, 3.63) is 47.1 Å². The fourth-order valence-electron chi connectivity index (χ4n) is 1.54. The van der Waals surface area contributed by atoms with E-state index >= 15 is 0 Å². The summed E-state index contributed by atoms with van der Waals surface area (Å²) in [6, 6.07) is 10.8. The minimum Gasteiger partial charge on any atom is -0.490 e. The SMILES string of the molecule is CCOc1ccccc1Oc1ccc(Cl)c(CCl)n1. The van der Waals surface area contributed by atoms with E-state index in [1.807, 2.05) is 31.2 Å². The lowest BCUT2D eigenvalue weighted by atomic mass is 10.3. The van der Waals surface area contributed by atoms with Crippen molar-refractivity contribution in [3.8, 4) is 17.4 Å². The number of halogens is 2. The van der Waals surface area contributed by atoms with E-state index in [9.17, 15) is 0 Å². The second kappa shape index (κ2) is 6.64. The molecule has 0 amide bonds. The fraction of sp³-hybridized carbons (Fsp3) is 0.214. The summed E-state index contributed by atoms with van der Waals surface area (Å²) >= 11 is 11.7. The second-order valence-electron chi connectivity index (χ2n) is 3.69. The van der Waals surface area contributed by atoms with Crippen molar-refractivity contribution >= 4 is 23.2 Å². The molecule has 0 atom stereocenters. The maximum absolute atomic E-state index is 5.95. The Balaban J connectivity index is 2.26. The molecule has 19 heavy (non-hydrogen) atoms. The summed E-state index contributed by atoms with van der Waals surface area (Å²) in [4.78, 5) is 4.25. The molecule has 2 aromatic rings. The van der Waals surface area contributed by atoms with Crippen LogP contribution in [0, 0.1) is 0 Å². The summed E-state index contributed by atoms with van der Waals surface area (Å²) in [7, 11) is 0. The van der Waals surface area contributed by atoms with Gasteiger partial charge in [-0.1, -0.05) is 23.7 Å². The first kappa shape index (κ1) is 14.0. The molecule has 0 saturated carbocycles. The Bertz CT molecular complexity index is 561. The van der Waals surface area contributed by atoms with Crippen LogP contribution in [0.2, 0.25) is 5.02 Å². The Morgan fingerprint density at radius 3 is 2.53 bits per heavy atom. The van der Waals surface area contributed by atoms with Gasteiger partial charge in [-0.05, 0) is 25.1 Å². The number of hydrogen-bond acceptors (Lipinski definition) is 3. The molecular formula is C14H13Cl2NO2. The summed E-state index contributed by atoms with van der Waals surface area (Å²) in [6.45, 7) is 2.49. The third kappa shape index (κ3) is 3.52. The molecule has 5 heteroatoms. The van der Waals surface area contributed by atoms with Gasteiger partial charge in [0.05, 0.1) is 23.2 Å². The quantitative estimate of drug-likeness (QED) is 0.752. The zero-order chi connectivity index (χ0) is 13.7. The summed E-state index contributed by atoms with van der Waals surface area (Å²) < 4.78 is 11.2. The minimum atomic E-state index is 0.239. The molecule has 0 N–H and O–H groups in total. The van der Waals surface area contributed by atoms with E-state index < -0.39 is 0 Å². The highest BCUT2D eigenvalue weighted by Crippen LogP contribution is 2.31. The largest absolute Gasteiger partial charge is 0.490 e. The van der Waals surface area contributed by atoms with E-state index in [0.29, 0.717) is 34.7 Å². The predicted octanol–water partition coefficient (Wildman–Crippen LogP) is 4.66. The van der Waals surface area contributed by atoms with Gasteiger partial charge in [-0.15, -0.1) is 11.6 Å². The molecule has 0 aliphatic heterocycles. The predicted molar refractivity (Wildman–Crippen MR) is 76.5 cm³/mol. The van der Waals surface area contributed by atoms with Gasteiger partial charge in [0, 0.05) is 6.07 Å². The Hall–Kier alpha value is -1.45. The zero-order valence-electron chi connectivity index (χ0n) is 10.4. The Labute approximate surface area is 122 Å². The molecule has 0 unspecified atom stereocenters. The van der Waals surface area contributed by atoms with Gasteiger partial charge >= 0.3 is 0 Å². The van der Waals surface area contributed by atoms with Crippen LogP contribution in [-0.2, 0) is 5.88 Å². The Morgan fingerprint density at radius 2 is 1.84 bits per heavy atom. The van der Waals surface area contributed by atoms with E-state index in [2.05, 4.69) is 4.98 Å². The van der Waals surface area contributed by atoms with Crippen molar-refractivity contribution in [2.24, 2.45) is 0 Å². The fourth-order valence-corrected chi connectivity index (χ4v) is 1.98. The van der Waals surface area contributed by atoms with Gasteiger partial charge in [-0.2, -0.15) is 0 Å². The molecule has 0 radical (unpaired) electrons. The van der Waals surface area contributed by atoms with Crippen molar-refractivity contribution in [1.29, 1.82) is 0 Å². The molecule has 0 aliphatic carbocycles. The highest BCUT2D eigenvalue weighted by molar-refractivity contribution is 6.32. The van der Waals surface area contributed by atoms with Crippen LogP contribution in [0.4, 0.5) is 0 Å². The van der Waals surface area contributed by atoms with Crippen LogP contribution in [0.15, 0.2) is 36.4 Å². The lowest BCUT2D eigenvalue weighted by Crippen LogP contribution is -1.96. The molecule has 0 fully saturated rings. The highest BCUT2D eigenvalue weighted by Gasteiger charge is 2.08. The maximum Gasteiger partial charge on any atom is 0.219 e. The van der Waals surface area contributed by atoms with Crippen LogP contribution in [0.1, 0.15) is 12.6 Å². The first-order chi connectivity index (χ1) is 9.24. The first-order valence-electron chi connectivity index (χ1n) is 5.85. The number of para-hydroxylation sites is 2. The maximum atomic E-state index is 5.95. The smallest absolute Gasteiger partial charge is 0.219 e. The molecule has 0 spiro atoms. The molecule has 0 bridgehead atoms. The van der Waals surface area contributed by atoms with Gasteiger partial charge < -0.3 is 9.47 Å². The average molecular weight is 298 g/mol. The molecule has 0 aliphatic rings. The van der Waals surface area contributed by atoms with E-state index in [0.717, 1.165) is 0 Å². The molecule has 1 aromatic carbocycles. The van der Waals surface area contributed by atoms with Crippen LogP contribution in [-0.4, -0.2) is 11.6 Å². The van der Waals surface area contributed by atoms with Gasteiger partial charge in [-0.3, -0.25) is 0 Å². The molecule has 100 valence electrons. The second-order valence-corrected chi connectivity index (χ2v) is 4.37. The van der Waals surface area contributed by atoms with Crippen LogP contribution in [0.3, 0.4) is 0 Å². The lowest BCUT2D eigenvalue weighted by Gasteiger charge is -2.11. The number of ether oxygens (including phenoxy) is 2. The number of hydrogen-bond donors (Lipinski definition) is 0. The van der Waals surface area contributed by atoms with Crippen LogP contribution >= 0.6 is 23.2 Å². The third-order valence-electron chi connectivity index (χ3n) is 2.38. The summed E-state index contributed by atoms with van der Waals surface area (Å²) in [5.41, 5.74) is 0.592. The molecular weight excluding hydrogens is 285 g/mol.